The summed E-state index contributed by atoms with van der Waals surface area (Å²) >= 11 is 6.21. The summed E-state index contributed by atoms with van der Waals surface area (Å²) in [6, 6.07) is -1.40. The highest BCUT2D eigenvalue weighted by Gasteiger charge is 2.26. The van der Waals surface area contributed by atoms with E-state index in [-0.39, 0.29) is 28.9 Å². The first-order valence-electron chi connectivity index (χ1n) is 6.60. The molecule has 1 rings (SSSR count). The van der Waals surface area contributed by atoms with Crippen molar-refractivity contribution in [3.8, 4) is 0 Å². The predicted octanol–water partition coefficient (Wildman–Crippen LogP) is -0.243. The van der Waals surface area contributed by atoms with Crippen molar-refractivity contribution in [3.63, 3.8) is 0 Å². The van der Waals surface area contributed by atoms with Gasteiger partial charge >= 0.3 is 5.97 Å². The van der Waals surface area contributed by atoms with Gasteiger partial charge in [-0.05, 0) is 18.6 Å². The van der Waals surface area contributed by atoms with Crippen LogP contribution in [0, 0.1) is 0 Å². The summed E-state index contributed by atoms with van der Waals surface area (Å²) in [5, 5.41) is 13.9. The molecule has 0 bridgehead atoms. The zero-order valence-corrected chi connectivity index (χ0v) is 14.3. The Balaban J connectivity index is 2.22. The first kappa shape index (κ1) is 19.2. The standard InChI is InChI=1S/C12H18N2O5S3/c15-9(13-7(1-3-20)11(17)18)5-21-6-10(16)14-8-2-4-22-12(8)19/h7-8,20H,1-6H2,(H,13,15)(H,14,16)(H,17,18)/t7-,8+/m1/s1. The van der Waals surface area contributed by atoms with Gasteiger partial charge in [0.15, 0.2) is 0 Å². The third-order valence-electron chi connectivity index (χ3n) is 2.79. The van der Waals surface area contributed by atoms with Crippen LogP contribution in [0.4, 0.5) is 0 Å². The second kappa shape index (κ2) is 10.0. The molecule has 0 saturated carbocycles. The van der Waals surface area contributed by atoms with E-state index in [1.54, 1.807) is 0 Å². The van der Waals surface area contributed by atoms with E-state index in [4.69, 9.17) is 5.11 Å². The second-order valence-corrected chi connectivity index (χ2v) is 7.07. The van der Waals surface area contributed by atoms with E-state index < -0.39 is 24.0 Å². The largest absolute Gasteiger partial charge is 0.480 e. The number of hydrogen-bond acceptors (Lipinski definition) is 7. The molecule has 0 radical (unpaired) electrons. The number of carbonyl (C=O) groups excluding carboxylic acids is 3. The van der Waals surface area contributed by atoms with Gasteiger partial charge in [-0.15, -0.1) is 11.8 Å². The number of rotatable bonds is 9. The number of hydrogen-bond donors (Lipinski definition) is 4. The van der Waals surface area contributed by atoms with Crippen LogP contribution in [0.25, 0.3) is 0 Å². The highest BCUT2D eigenvalue weighted by molar-refractivity contribution is 8.14. The summed E-state index contributed by atoms with van der Waals surface area (Å²) in [5.41, 5.74) is 0. The molecule has 0 spiro atoms. The van der Waals surface area contributed by atoms with Crippen LogP contribution in [0.15, 0.2) is 0 Å². The van der Waals surface area contributed by atoms with Crippen LogP contribution in [0.5, 0.6) is 0 Å². The first-order valence-corrected chi connectivity index (χ1v) is 9.38. The molecule has 2 amide bonds. The van der Waals surface area contributed by atoms with E-state index in [0.29, 0.717) is 17.9 Å². The lowest BCUT2D eigenvalue weighted by Crippen LogP contribution is -2.42. The molecule has 0 aliphatic carbocycles. The molecule has 22 heavy (non-hydrogen) atoms. The van der Waals surface area contributed by atoms with Crippen LogP contribution in [-0.2, 0) is 19.2 Å². The fourth-order valence-corrected chi connectivity index (χ4v) is 3.55. The molecular formula is C12H18N2O5S3. The summed E-state index contributed by atoms with van der Waals surface area (Å²) in [5.74, 6) is -0.768. The van der Waals surface area contributed by atoms with Gasteiger partial charge in [-0.3, -0.25) is 14.4 Å². The monoisotopic (exact) mass is 366 g/mol. The summed E-state index contributed by atoms with van der Waals surface area (Å²) in [7, 11) is 0. The topological polar surface area (TPSA) is 113 Å². The van der Waals surface area contributed by atoms with Crippen molar-refractivity contribution in [2.45, 2.75) is 24.9 Å². The minimum atomic E-state index is -1.11. The smallest absolute Gasteiger partial charge is 0.326 e. The second-order valence-electron chi connectivity index (χ2n) is 4.54. The van der Waals surface area contributed by atoms with Crippen molar-refractivity contribution >= 4 is 59.1 Å². The lowest BCUT2D eigenvalue weighted by Gasteiger charge is -2.13. The van der Waals surface area contributed by atoms with Gasteiger partial charge in [0.1, 0.15) is 6.04 Å². The molecule has 0 unspecified atom stereocenters. The van der Waals surface area contributed by atoms with Gasteiger partial charge in [-0.1, -0.05) is 11.8 Å². The SMILES string of the molecule is O=C(CSCC(=O)N[C@H](CCS)C(=O)O)N[C@H]1CCSC1=O. The number of aliphatic carboxylic acids is 1. The quantitative estimate of drug-likeness (QED) is 0.417. The molecule has 124 valence electrons. The molecule has 0 aromatic heterocycles. The van der Waals surface area contributed by atoms with Crippen molar-refractivity contribution in [1.29, 1.82) is 0 Å². The Hall–Kier alpha value is -0.870. The number of nitrogens with one attached hydrogen (secondary N) is 2. The van der Waals surface area contributed by atoms with Crippen LogP contribution in [0.3, 0.4) is 0 Å². The number of carbonyl (C=O) groups is 4. The summed E-state index contributed by atoms with van der Waals surface area (Å²) in [4.78, 5) is 45.5. The van der Waals surface area contributed by atoms with Crippen molar-refractivity contribution in [2.75, 3.05) is 23.0 Å². The molecule has 10 heteroatoms. The fraction of sp³-hybridized carbons (Fsp3) is 0.667. The van der Waals surface area contributed by atoms with E-state index in [0.717, 1.165) is 11.8 Å². The van der Waals surface area contributed by atoms with Crippen LogP contribution in [-0.4, -0.2) is 63.1 Å². The van der Waals surface area contributed by atoms with Crippen LogP contribution < -0.4 is 10.6 Å². The average molecular weight is 366 g/mol. The Bertz CT molecular complexity index is 446. The third kappa shape index (κ3) is 6.93. The minimum Gasteiger partial charge on any atom is -0.480 e. The first-order chi connectivity index (χ1) is 10.4. The molecular weight excluding hydrogens is 348 g/mol. The van der Waals surface area contributed by atoms with Gasteiger partial charge in [0, 0.05) is 5.75 Å². The fourth-order valence-electron chi connectivity index (χ4n) is 1.72. The molecule has 7 nitrogen and oxygen atoms in total. The maximum atomic E-state index is 11.6. The molecule has 0 aromatic rings. The number of thiol groups is 1. The van der Waals surface area contributed by atoms with Gasteiger partial charge in [-0.2, -0.15) is 12.6 Å². The Morgan fingerprint density at radius 1 is 1.36 bits per heavy atom. The van der Waals surface area contributed by atoms with Crippen molar-refractivity contribution in [3.05, 3.63) is 0 Å². The van der Waals surface area contributed by atoms with Gasteiger partial charge in [0.25, 0.3) is 0 Å². The summed E-state index contributed by atoms with van der Waals surface area (Å²) in [6.45, 7) is 0. The van der Waals surface area contributed by atoms with Gasteiger partial charge in [-0.25, -0.2) is 4.79 Å². The number of carboxylic acid groups (broad SMARTS) is 1. The Morgan fingerprint density at radius 3 is 2.59 bits per heavy atom. The Labute approximate surface area is 142 Å². The summed E-state index contributed by atoms with van der Waals surface area (Å²) in [6.07, 6.45) is 0.862. The van der Waals surface area contributed by atoms with Crippen LogP contribution in [0.2, 0.25) is 0 Å². The molecule has 1 heterocycles. The summed E-state index contributed by atoms with van der Waals surface area (Å²) < 4.78 is 0. The Morgan fingerprint density at radius 2 is 2.05 bits per heavy atom. The lowest BCUT2D eigenvalue weighted by molar-refractivity contribution is -0.141. The molecule has 1 aliphatic rings. The van der Waals surface area contributed by atoms with Gasteiger partial charge in [0.05, 0.1) is 17.5 Å². The highest BCUT2D eigenvalue weighted by atomic mass is 32.2. The van der Waals surface area contributed by atoms with Crippen LogP contribution >= 0.6 is 36.2 Å². The van der Waals surface area contributed by atoms with Gasteiger partial charge < -0.3 is 15.7 Å². The normalized spacial score (nSPS) is 18.8. The van der Waals surface area contributed by atoms with Crippen molar-refractivity contribution in [2.24, 2.45) is 0 Å². The zero-order chi connectivity index (χ0) is 16.5. The van der Waals surface area contributed by atoms with Gasteiger partial charge in [0.2, 0.25) is 16.9 Å². The van der Waals surface area contributed by atoms with E-state index in [1.807, 2.05) is 0 Å². The third-order valence-corrected chi connectivity index (χ3v) is 4.99. The average Bonchev–Trinajstić information content (AvgIpc) is 2.83. The van der Waals surface area contributed by atoms with E-state index in [1.165, 1.54) is 11.8 Å². The van der Waals surface area contributed by atoms with E-state index in [9.17, 15) is 19.2 Å². The van der Waals surface area contributed by atoms with Crippen LogP contribution in [0.1, 0.15) is 12.8 Å². The highest BCUT2D eigenvalue weighted by Crippen LogP contribution is 2.19. The van der Waals surface area contributed by atoms with Crippen molar-refractivity contribution < 1.29 is 24.3 Å². The van der Waals surface area contributed by atoms with Crippen molar-refractivity contribution in [1.82, 2.24) is 10.6 Å². The number of amides is 2. The molecule has 1 aliphatic heterocycles. The number of carboxylic acids is 1. The molecule has 0 aromatic carbocycles. The van der Waals surface area contributed by atoms with E-state index >= 15 is 0 Å². The molecule has 1 saturated heterocycles. The minimum absolute atomic E-state index is 0.0167. The maximum absolute atomic E-state index is 11.6. The predicted molar refractivity (Wildman–Crippen MR) is 89.4 cm³/mol. The van der Waals surface area contributed by atoms with E-state index in [2.05, 4.69) is 23.3 Å². The zero-order valence-electron chi connectivity index (χ0n) is 11.7. The maximum Gasteiger partial charge on any atom is 0.326 e. The molecule has 1 fully saturated rings. The number of thioether (sulfide) groups is 2. The molecule has 2 atom stereocenters. The molecule has 3 N–H and O–H groups in total. The lowest BCUT2D eigenvalue weighted by atomic mass is 10.2. The Kier molecular flexibility index (Phi) is 8.72.